The molecule has 22 heavy (non-hydrogen) atoms. The van der Waals surface area contributed by atoms with Crippen LogP contribution in [0.2, 0.25) is 0 Å². The van der Waals surface area contributed by atoms with Crippen LogP contribution in [-0.2, 0) is 0 Å². The van der Waals surface area contributed by atoms with Crippen LogP contribution in [0.1, 0.15) is 27.6 Å². The molecule has 0 saturated carbocycles. The molecule has 0 aliphatic rings. The molecule has 0 radical (unpaired) electrons. The Kier molecular flexibility index (Phi) is 4.61. The number of amides is 1. The highest BCUT2D eigenvalue weighted by Gasteiger charge is 2.15. The maximum atomic E-state index is 12.6. The zero-order valence-corrected chi connectivity index (χ0v) is 13.3. The van der Waals surface area contributed by atoms with Crippen LogP contribution in [0.5, 0.6) is 0 Å². The highest BCUT2D eigenvalue weighted by Crippen LogP contribution is 2.22. The van der Waals surface area contributed by atoms with E-state index < -0.39 is 0 Å². The zero-order chi connectivity index (χ0) is 16.3. The van der Waals surface area contributed by atoms with Gasteiger partial charge in [-0.1, -0.05) is 18.2 Å². The van der Waals surface area contributed by atoms with Gasteiger partial charge in [0.05, 0.1) is 0 Å². The van der Waals surface area contributed by atoms with Crippen LogP contribution in [0.3, 0.4) is 0 Å². The van der Waals surface area contributed by atoms with Gasteiger partial charge in [-0.2, -0.15) is 0 Å². The lowest BCUT2D eigenvalue weighted by Gasteiger charge is -2.20. The molecule has 0 N–H and O–H groups in total. The lowest BCUT2D eigenvalue weighted by Crippen LogP contribution is -2.26. The molecular weight excluding hydrogens is 276 g/mol. The molecule has 4 heteroatoms. The van der Waals surface area contributed by atoms with Gasteiger partial charge >= 0.3 is 0 Å². The third-order valence-corrected chi connectivity index (χ3v) is 3.55. The normalized spacial score (nSPS) is 10.2. The summed E-state index contributed by atoms with van der Waals surface area (Å²) in [6.07, 6.45) is 0. The fourth-order valence-corrected chi connectivity index (χ4v) is 2.16. The molecule has 2 aromatic carbocycles. The molecule has 0 fully saturated rings. The molecule has 0 bridgehead atoms. The third kappa shape index (κ3) is 3.34. The van der Waals surface area contributed by atoms with Crippen LogP contribution in [0.15, 0.2) is 48.5 Å². The highest BCUT2D eigenvalue weighted by molar-refractivity contribution is 6.07. The van der Waals surface area contributed by atoms with Crippen molar-refractivity contribution in [2.24, 2.45) is 0 Å². The first-order valence-electron chi connectivity index (χ1n) is 7.06. The second-order valence-corrected chi connectivity index (χ2v) is 5.42. The average Bonchev–Trinajstić information content (AvgIpc) is 2.53. The molecule has 2 rings (SSSR count). The molecule has 2 aromatic rings. The predicted octanol–water partition coefficient (Wildman–Crippen LogP) is 3.23. The summed E-state index contributed by atoms with van der Waals surface area (Å²) < 4.78 is 0. The van der Waals surface area contributed by atoms with Gasteiger partial charge in [-0.25, -0.2) is 0 Å². The second-order valence-electron chi connectivity index (χ2n) is 5.42. The summed E-state index contributed by atoms with van der Waals surface area (Å²) in [7, 11) is 5.64. The molecule has 0 aliphatic heterocycles. The minimum atomic E-state index is -0.140. The Morgan fingerprint density at radius 1 is 0.818 bits per heavy atom. The highest BCUT2D eigenvalue weighted by atomic mass is 16.2. The second kappa shape index (κ2) is 6.43. The van der Waals surface area contributed by atoms with Crippen molar-refractivity contribution >= 4 is 23.1 Å². The van der Waals surface area contributed by atoms with Crippen molar-refractivity contribution < 1.29 is 9.59 Å². The smallest absolute Gasteiger partial charge is 0.258 e. The summed E-state index contributed by atoms with van der Waals surface area (Å²) in [6, 6.07) is 14.5. The van der Waals surface area contributed by atoms with Gasteiger partial charge in [-0.15, -0.1) is 0 Å². The molecule has 0 spiro atoms. The van der Waals surface area contributed by atoms with Gasteiger partial charge in [0.15, 0.2) is 5.78 Å². The van der Waals surface area contributed by atoms with E-state index in [4.69, 9.17) is 0 Å². The van der Waals surface area contributed by atoms with Gasteiger partial charge < -0.3 is 9.80 Å². The largest absolute Gasteiger partial charge is 0.378 e. The molecule has 0 saturated heterocycles. The molecule has 1 amide bonds. The number of nitrogens with zero attached hydrogens (tertiary/aromatic N) is 2. The third-order valence-electron chi connectivity index (χ3n) is 3.55. The molecule has 0 aromatic heterocycles. The van der Waals surface area contributed by atoms with Crippen molar-refractivity contribution in [1.82, 2.24) is 0 Å². The molecule has 0 heterocycles. The Morgan fingerprint density at radius 2 is 1.41 bits per heavy atom. The summed E-state index contributed by atoms with van der Waals surface area (Å²) in [5.41, 5.74) is 2.88. The lowest BCUT2D eigenvalue weighted by atomic mass is 10.1. The van der Waals surface area contributed by atoms with Crippen molar-refractivity contribution in [3.63, 3.8) is 0 Å². The van der Waals surface area contributed by atoms with E-state index in [1.165, 1.54) is 6.92 Å². The van der Waals surface area contributed by atoms with Crippen molar-refractivity contribution in [2.75, 3.05) is 30.9 Å². The minimum Gasteiger partial charge on any atom is -0.378 e. The predicted molar refractivity (Wildman–Crippen MR) is 89.9 cm³/mol. The Balaban J connectivity index is 2.31. The van der Waals surface area contributed by atoms with Gasteiger partial charge in [-0.3, -0.25) is 9.59 Å². The minimum absolute atomic E-state index is 0.0492. The lowest BCUT2D eigenvalue weighted by molar-refractivity contribution is 0.0993. The van der Waals surface area contributed by atoms with E-state index in [0.717, 1.165) is 11.4 Å². The van der Waals surface area contributed by atoms with Crippen LogP contribution in [-0.4, -0.2) is 32.8 Å². The first kappa shape index (κ1) is 15.8. The van der Waals surface area contributed by atoms with Crippen LogP contribution in [0.25, 0.3) is 0 Å². The van der Waals surface area contributed by atoms with E-state index in [9.17, 15) is 9.59 Å². The molecule has 114 valence electrons. The number of Topliss-reactive ketones (excluding diaryl/α,β-unsaturated/α-hetero) is 1. The van der Waals surface area contributed by atoms with Crippen molar-refractivity contribution in [3.05, 3.63) is 59.7 Å². The SMILES string of the molecule is CC(=O)c1cccc(C(=O)N(C)c2cccc(N(C)C)c2)c1. The van der Waals surface area contributed by atoms with Crippen molar-refractivity contribution in [3.8, 4) is 0 Å². The number of hydrogen-bond donors (Lipinski definition) is 0. The summed E-state index contributed by atoms with van der Waals surface area (Å²) >= 11 is 0. The van der Waals surface area contributed by atoms with Gasteiger partial charge in [0.1, 0.15) is 0 Å². The fraction of sp³-hybridized carbons (Fsp3) is 0.222. The number of carbonyl (C=O) groups excluding carboxylic acids is 2. The maximum absolute atomic E-state index is 12.6. The molecule has 0 atom stereocenters. The van der Waals surface area contributed by atoms with E-state index in [0.29, 0.717) is 11.1 Å². The van der Waals surface area contributed by atoms with Gasteiger partial charge in [0.25, 0.3) is 5.91 Å². The quantitative estimate of drug-likeness (QED) is 0.813. The van der Waals surface area contributed by atoms with Gasteiger partial charge in [0.2, 0.25) is 0 Å². The Labute approximate surface area is 131 Å². The molecule has 0 unspecified atom stereocenters. The van der Waals surface area contributed by atoms with E-state index in [1.807, 2.05) is 43.3 Å². The van der Waals surface area contributed by atoms with Gasteiger partial charge in [0, 0.05) is 43.6 Å². The fourth-order valence-electron chi connectivity index (χ4n) is 2.16. The van der Waals surface area contributed by atoms with Crippen LogP contribution in [0.4, 0.5) is 11.4 Å². The van der Waals surface area contributed by atoms with Crippen LogP contribution in [0, 0.1) is 0 Å². The zero-order valence-electron chi connectivity index (χ0n) is 13.3. The molecule has 0 aliphatic carbocycles. The number of hydrogen-bond acceptors (Lipinski definition) is 3. The molecule has 4 nitrogen and oxygen atoms in total. The molecular formula is C18H20N2O2. The van der Waals surface area contributed by atoms with Crippen LogP contribution < -0.4 is 9.80 Å². The Bertz CT molecular complexity index is 708. The van der Waals surface area contributed by atoms with E-state index in [-0.39, 0.29) is 11.7 Å². The van der Waals surface area contributed by atoms with Crippen molar-refractivity contribution in [2.45, 2.75) is 6.92 Å². The van der Waals surface area contributed by atoms with E-state index in [1.54, 1.807) is 36.2 Å². The van der Waals surface area contributed by atoms with E-state index in [2.05, 4.69) is 0 Å². The monoisotopic (exact) mass is 296 g/mol. The topological polar surface area (TPSA) is 40.6 Å². The summed E-state index contributed by atoms with van der Waals surface area (Å²) in [5, 5.41) is 0. The van der Waals surface area contributed by atoms with Gasteiger partial charge in [-0.05, 0) is 37.3 Å². The summed E-state index contributed by atoms with van der Waals surface area (Å²) in [6.45, 7) is 1.49. The number of benzene rings is 2. The van der Waals surface area contributed by atoms with Crippen LogP contribution >= 0.6 is 0 Å². The van der Waals surface area contributed by atoms with Crippen molar-refractivity contribution in [1.29, 1.82) is 0 Å². The number of anilines is 2. The maximum Gasteiger partial charge on any atom is 0.258 e. The standard InChI is InChI=1S/C18H20N2O2/c1-13(21)14-7-5-8-15(11-14)18(22)20(4)17-10-6-9-16(12-17)19(2)3/h5-12H,1-4H3. The van der Waals surface area contributed by atoms with E-state index >= 15 is 0 Å². The first-order chi connectivity index (χ1) is 10.4. The number of rotatable bonds is 4. The Hall–Kier alpha value is -2.62. The summed E-state index contributed by atoms with van der Waals surface area (Å²) in [5.74, 6) is -0.189. The number of carbonyl (C=O) groups is 2. The average molecular weight is 296 g/mol. The summed E-state index contributed by atoms with van der Waals surface area (Å²) in [4.78, 5) is 27.6. The first-order valence-corrected chi connectivity index (χ1v) is 7.06. The number of ketones is 1. The Morgan fingerprint density at radius 3 is 2.05 bits per heavy atom.